The molecule has 0 aliphatic heterocycles. The van der Waals surface area contributed by atoms with Crippen LogP contribution in [0.2, 0.25) is 0 Å². The van der Waals surface area contributed by atoms with Crippen molar-refractivity contribution in [3.8, 4) is 17.3 Å². The summed E-state index contributed by atoms with van der Waals surface area (Å²) in [7, 11) is -3.25. The number of benzene rings is 1. The topological polar surface area (TPSA) is 70.8 Å². The maximum atomic E-state index is 11.3. The van der Waals surface area contributed by atoms with Crippen molar-refractivity contribution in [1.82, 2.24) is 4.98 Å². The lowest BCUT2D eigenvalue weighted by molar-refractivity contribution is 0.601. The van der Waals surface area contributed by atoms with Gasteiger partial charge in [-0.25, -0.2) is 13.4 Å². The maximum Gasteiger partial charge on any atom is 0.209 e. The van der Waals surface area contributed by atoms with Crippen LogP contribution in [0.25, 0.3) is 11.3 Å². The first kappa shape index (κ1) is 11.8. The highest BCUT2D eigenvalue weighted by Gasteiger charge is 2.13. The molecule has 86 valence electrons. The Hall–Kier alpha value is -1.71. The summed E-state index contributed by atoms with van der Waals surface area (Å²) < 4.78 is 22.7. The molecule has 2 aromatic rings. The van der Waals surface area contributed by atoms with E-state index in [2.05, 4.69) is 4.98 Å². The summed E-state index contributed by atoms with van der Waals surface area (Å²) in [5.41, 5.74) is 1.97. The summed E-state index contributed by atoms with van der Waals surface area (Å²) in [6.07, 6.45) is 1.13. The molecule has 0 fully saturated rings. The summed E-state index contributed by atoms with van der Waals surface area (Å²) in [6.45, 7) is 0. The van der Waals surface area contributed by atoms with Gasteiger partial charge in [0.1, 0.15) is 0 Å². The molecule has 17 heavy (non-hydrogen) atoms. The van der Waals surface area contributed by atoms with E-state index in [1.165, 1.54) is 0 Å². The van der Waals surface area contributed by atoms with Gasteiger partial charge in [-0.15, -0.1) is 11.3 Å². The Morgan fingerprint density at radius 3 is 2.41 bits per heavy atom. The Morgan fingerprint density at radius 1 is 1.29 bits per heavy atom. The Balaban J connectivity index is 2.41. The second-order valence-electron chi connectivity index (χ2n) is 3.46. The lowest BCUT2D eigenvalue weighted by Gasteiger charge is -1.95. The predicted octanol–water partition coefficient (Wildman–Crippen LogP) is 2.09. The highest BCUT2D eigenvalue weighted by Crippen LogP contribution is 2.24. The van der Waals surface area contributed by atoms with Crippen LogP contribution in [0.15, 0.2) is 34.0 Å². The molecule has 0 spiro atoms. The number of nitrogens with zero attached hydrogens (tertiary/aromatic N) is 2. The monoisotopic (exact) mass is 264 g/mol. The number of nitriles is 1. The Labute approximate surface area is 103 Å². The molecule has 1 heterocycles. The van der Waals surface area contributed by atoms with Crippen molar-refractivity contribution >= 4 is 21.2 Å². The number of hydrogen-bond donors (Lipinski definition) is 0. The van der Waals surface area contributed by atoms with Crippen molar-refractivity contribution in [1.29, 1.82) is 5.26 Å². The first-order valence-electron chi connectivity index (χ1n) is 4.67. The van der Waals surface area contributed by atoms with Crippen molar-refractivity contribution < 1.29 is 8.42 Å². The minimum atomic E-state index is -3.25. The van der Waals surface area contributed by atoms with Gasteiger partial charge in [-0.05, 0) is 12.1 Å². The Bertz CT molecular complexity index is 679. The van der Waals surface area contributed by atoms with Crippen LogP contribution in [-0.2, 0) is 9.84 Å². The molecule has 0 saturated carbocycles. The molecule has 0 amide bonds. The zero-order valence-electron chi connectivity index (χ0n) is 8.91. The molecule has 1 aromatic heterocycles. The van der Waals surface area contributed by atoms with Gasteiger partial charge in [-0.2, -0.15) is 5.26 Å². The minimum Gasteiger partial charge on any atom is -0.225 e. The minimum absolute atomic E-state index is 0.108. The van der Waals surface area contributed by atoms with Gasteiger partial charge in [-0.3, -0.25) is 0 Å². The molecular weight excluding hydrogens is 256 g/mol. The number of aromatic nitrogens is 1. The molecular formula is C11H8N2O2S2. The van der Waals surface area contributed by atoms with Gasteiger partial charge in [0.25, 0.3) is 0 Å². The number of hydrogen-bond acceptors (Lipinski definition) is 5. The van der Waals surface area contributed by atoms with Crippen LogP contribution in [0, 0.1) is 11.3 Å². The molecule has 0 saturated heterocycles. The number of rotatable bonds is 2. The quantitative estimate of drug-likeness (QED) is 0.832. The van der Waals surface area contributed by atoms with E-state index in [-0.39, 0.29) is 4.34 Å². The largest absolute Gasteiger partial charge is 0.225 e. The van der Waals surface area contributed by atoms with E-state index in [9.17, 15) is 8.42 Å². The lowest BCUT2D eigenvalue weighted by atomic mass is 10.1. The van der Waals surface area contributed by atoms with E-state index in [0.29, 0.717) is 11.3 Å². The molecule has 6 heteroatoms. The van der Waals surface area contributed by atoms with Crippen LogP contribution >= 0.6 is 11.3 Å². The van der Waals surface area contributed by atoms with Crippen LogP contribution < -0.4 is 0 Å². The molecule has 0 bridgehead atoms. The number of sulfone groups is 1. The first-order chi connectivity index (χ1) is 8.00. The van der Waals surface area contributed by atoms with Crippen LogP contribution in [0.5, 0.6) is 0 Å². The molecule has 0 radical (unpaired) electrons. The van der Waals surface area contributed by atoms with Gasteiger partial charge < -0.3 is 0 Å². The summed E-state index contributed by atoms with van der Waals surface area (Å²) in [5, 5.41) is 10.4. The Morgan fingerprint density at radius 2 is 1.94 bits per heavy atom. The third-order valence-corrected chi connectivity index (χ3v) is 4.67. The third-order valence-electron chi connectivity index (χ3n) is 2.11. The van der Waals surface area contributed by atoms with Crippen molar-refractivity contribution in [3.63, 3.8) is 0 Å². The lowest BCUT2D eigenvalue weighted by Crippen LogP contribution is -1.95. The SMILES string of the molecule is CS(=O)(=O)c1nc(-c2ccc(C#N)cc2)cs1. The van der Waals surface area contributed by atoms with E-state index >= 15 is 0 Å². The highest BCUT2D eigenvalue weighted by molar-refractivity contribution is 7.92. The van der Waals surface area contributed by atoms with Crippen molar-refractivity contribution in [2.45, 2.75) is 4.34 Å². The highest BCUT2D eigenvalue weighted by atomic mass is 32.2. The van der Waals surface area contributed by atoms with E-state index in [4.69, 9.17) is 5.26 Å². The normalized spacial score (nSPS) is 11.1. The van der Waals surface area contributed by atoms with Gasteiger partial charge in [0.15, 0.2) is 0 Å². The third kappa shape index (κ3) is 2.52. The fourth-order valence-electron chi connectivity index (χ4n) is 1.28. The first-order valence-corrected chi connectivity index (χ1v) is 7.44. The van der Waals surface area contributed by atoms with E-state index < -0.39 is 9.84 Å². The molecule has 0 N–H and O–H groups in total. The Kier molecular flexibility index (Phi) is 2.96. The molecule has 2 rings (SSSR count). The molecule has 4 nitrogen and oxygen atoms in total. The molecule has 0 unspecified atom stereocenters. The van der Waals surface area contributed by atoms with Crippen molar-refractivity contribution in [3.05, 3.63) is 35.2 Å². The van der Waals surface area contributed by atoms with Gasteiger partial charge in [-0.1, -0.05) is 12.1 Å². The van der Waals surface area contributed by atoms with Gasteiger partial charge in [0.05, 0.1) is 17.3 Å². The maximum absolute atomic E-state index is 11.3. The predicted molar refractivity (Wildman–Crippen MR) is 65.4 cm³/mol. The average Bonchev–Trinajstić information content (AvgIpc) is 2.78. The van der Waals surface area contributed by atoms with Gasteiger partial charge in [0.2, 0.25) is 14.2 Å². The summed E-state index contributed by atoms with van der Waals surface area (Å²) in [6, 6.07) is 8.87. The number of thiazole rings is 1. The average molecular weight is 264 g/mol. The van der Waals surface area contributed by atoms with Crippen LogP contribution in [0.1, 0.15) is 5.56 Å². The zero-order valence-corrected chi connectivity index (χ0v) is 10.5. The van der Waals surface area contributed by atoms with Crippen LogP contribution in [0.4, 0.5) is 0 Å². The second kappa shape index (κ2) is 4.28. The molecule has 0 atom stereocenters. The fraction of sp³-hybridized carbons (Fsp3) is 0.0909. The van der Waals surface area contributed by atoms with Crippen molar-refractivity contribution in [2.75, 3.05) is 6.26 Å². The van der Waals surface area contributed by atoms with Gasteiger partial charge in [0, 0.05) is 17.2 Å². The molecule has 0 aliphatic rings. The van der Waals surface area contributed by atoms with E-state index in [0.717, 1.165) is 23.2 Å². The smallest absolute Gasteiger partial charge is 0.209 e. The van der Waals surface area contributed by atoms with E-state index in [1.54, 1.807) is 29.6 Å². The molecule has 0 aliphatic carbocycles. The summed E-state index contributed by atoms with van der Waals surface area (Å²) in [5.74, 6) is 0. The van der Waals surface area contributed by atoms with Gasteiger partial charge >= 0.3 is 0 Å². The van der Waals surface area contributed by atoms with E-state index in [1.807, 2.05) is 6.07 Å². The van der Waals surface area contributed by atoms with Crippen LogP contribution in [-0.4, -0.2) is 19.7 Å². The van der Waals surface area contributed by atoms with Crippen LogP contribution in [0.3, 0.4) is 0 Å². The summed E-state index contributed by atoms with van der Waals surface area (Å²) in [4.78, 5) is 4.05. The molecule has 1 aromatic carbocycles. The second-order valence-corrected chi connectivity index (χ2v) is 6.51. The standard InChI is InChI=1S/C11H8N2O2S2/c1-17(14,15)11-13-10(7-16-11)9-4-2-8(6-12)3-5-9/h2-5,7H,1H3. The zero-order chi connectivity index (χ0) is 12.5. The summed E-state index contributed by atoms with van der Waals surface area (Å²) >= 11 is 1.10. The van der Waals surface area contributed by atoms with Crippen molar-refractivity contribution in [2.24, 2.45) is 0 Å². The fourth-order valence-corrected chi connectivity index (χ4v) is 2.94.